The van der Waals surface area contributed by atoms with Gasteiger partial charge < -0.3 is 39.5 Å². The first-order valence-electron chi connectivity index (χ1n) is 15.0. The highest BCUT2D eigenvalue weighted by Crippen LogP contribution is 2.32. The summed E-state index contributed by atoms with van der Waals surface area (Å²) in [7, 11) is 1.90. The number of aryl methyl sites for hydroxylation is 1. The van der Waals surface area contributed by atoms with Crippen molar-refractivity contribution in [2.45, 2.75) is 31.1 Å². The molecule has 234 valence electrons. The highest BCUT2D eigenvalue weighted by Gasteiger charge is 2.41. The predicted molar refractivity (Wildman–Crippen MR) is 168 cm³/mol. The first-order chi connectivity index (χ1) is 21.3. The third kappa shape index (κ3) is 6.69. The van der Waals surface area contributed by atoms with Crippen LogP contribution in [0.1, 0.15) is 40.6 Å². The number of fused-ring (bicyclic) bond motifs is 1. The Morgan fingerprint density at radius 1 is 1.16 bits per heavy atom. The standard InChI is InChI=1S/C32H39N5O6S/c1-35-12-2-3-25(35)30(40)37-16-18-43-32(21-37)10-13-36(14-11-32)15-17-42-23-6-4-22(5-7-23)19-33-20-27(39)24-8-9-26(38)28-29(24)44-31(41)34-28/h2-9,12,27,33,38-39H,10-11,13-21H2,1H3,(H,34,41). The molecule has 4 N–H and O–H groups in total. The van der Waals surface area contributed by atoms with Gasteiger partial charge in [-0.05, 0) is 48.7 Å². The molecule has 0 bridgehead atoms. The molecule has 2 aromatic carbocycles. The third-order valence-corrected chi connectivity index (χ3v) is 9.61. The Labute approximate surface area is 259 Å². The molecule has 0 radical (unpaired) electrons. The smallest absolute Gasteiger partial charge is 0.305 e. The fraction of sp³-hybridized carbons (Fsp3) is 0.438. The molecule has 1 spiro atoms. The van der Waals surface area contributed by atoms with Crippen molar-refractivity contribution in [1.82, 2.24) is 24.7 Å². The molecule has 0 saturated carbocycles. The number of benzene rings is 2. The van der Waals surface area contributed by atoms with Crippen LogP contribution in [-0.4, -0.2) is 93.6 Å². The number of phenols is 1. The quantitative estimate of drug-likeness (QED) is 0.213. The number of aliphatic hydroxyl groups is 1. The van der Waals surface area contributed by atoms with Crippen LogP contribution in [0.15, 0.2) is 59.5 Å². The number of nitrogens with zero attached hydrogens (tertiary/aromatic N) is 3. The number of aromatic amines is 1. The molecule has 2 aliphatic rings. The van der Waals surface area contributed by atoms with Crippen molar-refractivity contribution < 1.29 is 24.5 Å². The van der Waals surface area contributed by atoms with Crippen LogP contribution in [0.3, 0.4) is 0 Å². The van der Waals surface area contributed by atoms with Gasteiger partial charge in [0.2, 0.25) is 0 Å². The summed E-state index contributed by atoms with van der Waals surface area (Å²) < 4.78 is 14.7. The molecule has 11 nitrogen and oxygen atoms in total. The minimum absolute atomic E-state index is 0.00663. The van der Waals surface area contributed by atoms with Gasteiger partial charge >= 0.3 is 4.87 Å². The zero-order valence-corrected chi connectivity index (χ0v) is 25.6. The average Bonchev–Trinajstić information content (AvgIpc) is 3.64. The van der Waals surface area contributed by atoms with E-state index in [2.05, 4.69) is 15.2 Å². The second kappa shape index (κ2) is 13.1. The van der Waals surface area contributed by atoms with Gasteiger partial charge in [-0.25, -0.2) is 0 Å². The van der Waals surface area contributed by atoms with Gasteiger partial charge in [-0.1, -0.05) is 29.5 Å². The summed E-state index contributed by atoms with van der Waals surface area (Å²) in [4.78, 5) is 31.5. The molecule has 12 heteroatoms. The number of thiazole rings is 1. The van der Waals surface area contributed by atoms with E-state index < -0.39 is 6.10 Å². The van der Waals surface area contributed by atoms with E-state index >= 15 is 0 Å². The maximum Gasteiger partial charge on any atom is 0.305 e. The Morgan fingerprint density at radius 2 is 1.95 bits per heavy atom. The number of carbonyl (C=O) groups is 1. The minimum atomic E-state index is -0.822. The number of phenolic OH excluding ortho intramolecular Hbond substituents is 1. The lowest BCUT2D eigenvalue weighted by molar-refractivity contribution is -0.127. The molecule has 2 aliphatic heterocycles. The second-order valence-corrected chi connectivity index (χ2v) is 12.6. The van der Waals surface area contributed by atoms with Crippen LogP contribution >= 0.6 is 11.3 Å². The van der Waals surface area contributed by atoms with E-state index in [4.69, 9.17) is 9.47 Å². The maximum absolute atomic E-state index is 13.0. The summed E-state index contributed by atoms with van der Waals surface area (Å²) in [6.07, 6.45) is 2.86. The number of piperidine rings is 1. The van der Waals surface area contributed by atoms with E-state index in [1.807, 2.05) is 59.1 Å². The Morgan fingerprint density at radius 3 is 2.70 bits per heavy atom. The van der Waals surface area contributed by atoms with Crippen LogP contribution in [0, 0.1) is 0 Å². The van der Waals surface area contributed by atoms with Crippen LogP contribution in [0.2, 0.25) is 0 Å². The molecule has 1 amide bonds. The van der Waals surface area contributed by atoms with Crippen molar-refractivity contribution >= 4 is 27.5 Å². The van der Waals surface area contributed by atoms with E-state index in [1.165, 1.54) is 6.07 Å². The van der Waals surface area contributed by atoms with Crippen LogP contribution in [0.5, 0.6) is 11.5 Å². The highest BCUT2D eigenvalue weighted by atomic mass is 32.1. The number of morpholine rings is 1. The molecule has 4 aromatic rings. The number of H-pyrrole nitrogens is 1. The number of ether oxygens (including phenoxy) is 2. The number of aromatic hydroxyl groups is 1. The molecule has 2 aromatic heterocycles. The Kier molecular flexibility index (Phi) is 9.06. The van der Waals surface area contributed by atoms with Gasteiger partial charge in [-0.2, -0.15) is 0 Å². The van der Waals surface area contributed by atoms with Gasteiger partial charge in [-0.15, -0.1) is 0 Å². The highest BCUT2D eigenvalue weighted by molar-refractivity contribution is 7.16. The Balaban J connectivity index is 0.912. The lowest BCUT2D eigenvalue weighted by Crippen LogP contribution is -2.58. The number of amides is 1. The first kappa shape index (κ1) is 30.4. The molecule has 0 aliphatic carbocycles. The largest absolute Gasteiger partial charge is 0.506 e. The molecular formula is C32H39N5O6S. The number of nitrogens with one attached hydrogen (secondary N) is 2. The lowest BCUT2D eigenvalue weighted by atomic mass is 9.89. The summed E-state index contributed by atoms with van der Waals surface area (Å²) in [5.74, 6) is 0.873. The normalized spacial score (nSPS) is 17.7. The van der Waals surface area contributed by atoms with Gasteiger partial charge in [0.05, 0.1) is 29.6 Å². The van der Waals surface area contributed by atoms with Gasteiger partial charge in [-0.3, -0.25) is 14.5 Å². The van der Waals surface area contributed by atoms with Crippen molar-refractivity contribution in [3.05, 3.63) is 81.2 Å². The topological polar surface area (TPSA) is 132 Å². The summed E-state index contributed by atoms with van der Waals surface area (Å²) in [5.41, 5.74) is 2.46. The Hall–Kier alpha value is -3.68. The molecule has 6 rings (SSSR count). The van der Waals surface area contributed by atoms with Crippen molar-refractivity contribution in [3.8, 4) is 11.5 Å². The molecule has 4 heterocycles. The number of likely N-dealkylation sites (tertiary alicyclic amines) is 1. The van der Waals surface area contributed by atoms with Crippen LogP contribution in [0.25, 0.3) is 10.2 Å². The maximum atomic E-state index is 13.0. The zero-order chi connectivity index (χ0) is 30.7. The second-order valence-electron chi connectivity index (χ2n) is 11.6. The number of rotatable bonds is 10. The summed E-state index contributed by atoms with van der Waals surface area (Å²) in [5, 5.41) is 23.9. The van der Waals surface area contributed by atoms with E-state index in [-0.39, 0.29) is 22.1 Å². The fourth-order valence-electron chi connectivity index (χ4n) is 6.11. The zero-order valence-electron chi connectivity index (χ0n) is 24.8. The summed E-state index contributed by atoms with van der Waals surface area (Å²) in [6, 6.07) is 14.8. The summed E-state index contributed by atoms with van der Waals surface area (Å²) in [6.45, 7) is 5.92. The number of aliphatic hydroxyl groups excluding tert-OH is 1. The van der Waals surface area contributed by atoms with Crippen LogP contribution in [-0.2, 0) is 18.3 Å². The average molecular weight is 622 g/mol. The van der Waals surface area contributed by atoms with Gasteiger partial charge in [0.1, 0.15) is 29.3 Å². The SMILES string of the molecule is Cn1cccc1C(=O)N1CCOC2(CCN(CCOc3ccc(CNCC(O)c4ccc(O)c5[nH]c(=O)sc45)cc3)CC2)C1. The van der Waals surface area contributed by atoms with E-state index in [1.54, 1.807) is 6.07 Å². The van der Waals surface area contributed by atoms with Gasteiger partial charge in [0, 0.05) is 58.1 Å². The first-order valence-corrected chi connectivity index (χ1v) is 15.8. The number of hydrogen-bond acceptors (Lipinski definition) is 9. The number of carbonyl (C=O) groups excluding carboxylic acids is 1. The number of aromatic nitrogens is 2. The lowest BCUT2D eigenvalue weighted by Gasteiger charge is -2.47. The Bertz CT molecular complexity index is 1640. The fourth-order valence-corrected chi connectivity index (χ4v) is 7.03. The van der Waals surface area contributed by atoms with E-state index in [9.17, 15) is 19.8 Å². The number of hydrogen-bond donors (Lipinski definition) is 4. The molecule has 2 saturated heterocycles. The molecule has 1 unspecified atom stereocenters. The molecule has 2 fully saturated rings. The predicted octanol–water partition coefficient (Wildman–Crippen LogP) is 2.84. The molecule has 1 atom stereocenters. The monoisotopic (exact) mass is 621 g/mol. The molecule has 44 heavy (non-hydrogen) atoms. The van der Waals surface area contributed by atoms with Crippen molar-refractivity contribution in [2.24, 2.45) is 7.05 Å². The van der Waals surface area contributed by atoms with Gasteiger partial charge in [0.25, 0.3) is 5.91 Å². The van der Waals surface area contributed by atoms with Crippen molar-refractivity contribution in [2.75, 3.05) is 52.5 Å². The van der Waals surface area contributed by atoms with Crippen molar-refractivity contribution in [1.29, 1.82) is 0 Å². The molecular weight excluding hydrogens is 582 g/mol. The summed E-state index contributed by atoms with van der Waals surface area (Å²) >= 11 is 0.979. The van der Waals surface area contributed by atoms with Crippen molar-refractivity contribution in [3.63, 3.8) is 0 Å². The van der Waals surface area contributed by atoms with Crippen LogP contribution < -0.4 is 14.9 Å². The van der Waals surface area contributed by atoms with E-state index in [0.29, 0.717) is 60.9 Å². The van der Waals surface area contributed by atoms with Crippen LogP contribution in [0.4, 0.5) is 0 Å². The minimum Gasteiger partial charge on any atom is -0.506 e. The third-order valence-electron chi connectivity index (χ3n) is 8.68. The van der Waals surface area contributed by atoms with Gasteiger partial charge in [0.15, 0.2) is 0 Å². The van der Waals surface area contributed by atoms with E-state index in [0.717, 1.165) is 55.1 Å².